The van der Waals surface area contributed by atoms with E-state index in [1.807, 2.05) is 0 Å². The summed E-state index contributed by atoms with van der Waals surface area (Å²) < 4.78 is 3.16. The second kappa shape index (κ2) is 4.10. The molecule has 1 N–H and O–H groups in total. The van der Waals surface area contributed by atoms with Gasteiger partial charge < -0.3 is 4.98 Å². The van der Waals surface area contributed by atoms with Gasteiger partial charge in [0.05, 0.1) is 18.9 Å². The summed E-state index contributed by atoms with van der Waals surface area (Å²) in [4.78, 5) is 23.3. The van der Waals surface area contributed by atoms with E-state index < -0.39 is 0 Å². The number of aromatic amines is 1. The van der Waals surface area contributed by atoms with Crippen LogP contribution in [0.25, 0.3) is 11.0 Å². The van der Waals surface area contributed by atoms with Crippen LogP contribution in [0.2, 0.25) is 0 Å². The number of hydrogen-bond donors (Lipinski definition) is 1. The standard InChI is InChI=1S/C11H12N6O/c1-16-5-9-10(15-16)11(18)17(7-14-9)3-2-8-4-12-6-13-8/h4-7H,2-3H2,1H3,(H,12,13). The summed E-state index contributed by atoms with van der Waals surface area (Å²) in [6, 6.07) is 0. The number of imidazole rings is 1. The zero-order chi connectivity index (χ0) is 12.5. The number of fused-ring (bicyclic) bond motifs is 1. The molecule has 0 aliphatic rings. The van der Waals surface area contributed by atoms with Gasteiger partial charge in [0, 0.05) is 31.9 Å². The highest BCUT2D eigenvalue weighted by Gasteiger charge is 2.07. The molecule has 0 aliphatic carbocycles. The number of aryl methyl sites for hydroxylation is 3. The maximum atomic E-state index is 12.1. The van der Waals surface area contributed by atoms with Crippen LogP contribution in [0.4, 0.5) is 0 Å². The molecule has 0 unspecified atom stereocenters. The minimum absolute atomic E-state index is 0.111. The van der Waals surface area contributed by atoms with E-state index in [0.717, 1.165) is 5.69 Å². The Labute approximate surface area is 102 Å². The summed E-state index contributed by atoms with van der Waals surface area (Å²) in [6.45, 7) is 0.556. The van der Waals surface area contributed by atoms with Gasteiger partial charge in [0.25, 0.3) is 5.56 Å². The van der Waals surface area contributed by atoms with Gasteiger partial charge in [-0.05, 0) is 0 Å². The van der Waals surface area contributed by atoms with Crippen LogP contribution in [-0.2, 0) is 20.0 Å². The van der Waals surface area contributed by atoms with E-state index in [4.69, 9.17) is 0 Å². The summed E-state index contributed by atoms with van der Waals surface area (Å²) in [5.41, 5.74) is 1.91. The Balaban J connectivity index is 1.92. The summed E-state index contributed by atoms with van der Waals surface area (Å²) in [5.74, 6) is 0. The molecule has 3 aromatic rings. The third-order valence-electron chi connectivity index (χ3n) is 2.79. The number of rotatable bonds is 3. The lowest BCUT2D eigenvalue weighted by Crippen LogP contribution is -2.21. The van der Waals surface area contributed by atoms with Gasteiger partial charge in [-0.25, -0.2) is 9.97 Å². The molecule has 0 aliphatic heterocycles. The molecule has 0 saturated carbocycles. The first-order valence-corrected chi connectivity index (χ1v) is 5.60. The highest BCUT2D eigenvalue weighted by Crippen LogP contribution is 2.02. The van der Waals surface area contributed by atoms with E-state index in [0.29, 0.717) is 24.0 Å². The van der Waals surface area contributed by atoms with Crippen molar-refractivity contribution < 1.29 is 0 Å². The van der Waals surface area contributed by atoms with Gasteiger partial charge >= 0.3 is 0 Å². The number of aromatic nitrogens is 6. The number of nitrogens with zero attached hydrogens (tertiary/aromatic N) is 5. The quantitative estimate of drug-likeness (QED) is 0.708. The lowest BCUT2D eigenvalue weighted by molar-refractivity contribution is 0.653. The van der Waals surface area contributed by atoms with Gasteiger partial charge in [-0.3, -0.25) is 14.0 Å². The molecule has 0 aromatic carbocycles. The highest BCUT2D eigenvalue weighted by atomic mass is 16.1. The van der Waals surface area contributed by atoms with E-state index in [9.17, 15) is 4.79 Å². The van der Waals surface area contributed by atoms with Crippen molar-refractivity contribution >= 4 is 11.0 Å². The predicted octanol–water partition coefficient (Wildman–Crippen LogP) is 0.0958. The van der Waals surface area contributed by atoms with Gasteiger partial charge in [-0.15, -0.1) is 0 Å². The van der Waals surface area contributed by atoms with E-state index in [2.05, 4.69) is 20.1 Å². The lowest BCUT2D eigenvalue weighted by atomic mass is 10.3. The Morgan fingerprint density at radius 3 is 3.11 bits per heavy atom. The van der Waals surface area contributed by atoms with Crippen molar-refractivity contribution in [1.82, 2.24) is 29.3 Å². The molecule has 0 bridgehead atoms. The first-order valence-electron chi connectivity index (χ1n) is 5.60. The Hall–Kier alpha value is -2.44. The second-order valence-electron chi connectivity index (χ2n) is 4.11. The minimum atomic E-state index is -0.111. The lowest BCUT2D eigenvalue weighted by Gasteiger charge is -2.02. The molecule has 3 heterocycles. The molecule has 0 saturated heterocycles. The highest BCUT2D eigenvalue weighted by molar-refractivity contribution is 5.71. The summed E-state index contributed by atoms with van der Waals surface area (Å²) in [6.07, 6.45) is 7.37. The van der Waals surface area contributed by atoms with Crippen LogP contribution in [0.15, 0.2) is 29.8 Å². The molecule has 3 rings (SSSR count). The Bertz CT molecular complexity index is 724. The van der Waals surface area contributed by atoms with Gasteiger partial charge in [0.2, 0.25) is 0 Å². The van der Waals surface area contributed by atoms with Crippen molar-refractivity contribution in [2.45, 2.75) is 13.0 Å². The number of hydrogen-bond acceptors (Lipinski definition) is 4. The summed E-state index contributed by atoms with van der Waals surface area (Å²) in [5, 5.41) is 4.12. The van der Waals surface area contributed by atoms with Crippen LogP contribution < -0.4 is 5.56 Å². The van der Waals surface area contributed by atoms with Crippen molar-refractivity contribution in [3.63, 3.8) is 0 Å². The molecule has 0 atom stereocenters. The molecule has 0 fully saturated rings. The third kappa shape index (κ3) is 1.79. The van der Waals surface area contributed by atoms with Crippen LogP contribution in [-0.4, -0.2) is 29.3 Å². The van der Waals surface area contributed by atoms with Crippen molar-refractivity contribution in [1.29, 1.82) is 0 Å². The van der Waals surface area contributed by atoms with E-state index in [1.54, 1.807) is 41.3 Å². The SMILES string of the molecule is Cn1cc2ncn(CCc3cnc[nH]3)c(=O)c2n1. The average Bonchev–Trinajstić information content (AvgIpc) is 2.97. The van der Waals surface area contributed by atoms with Crippen LogP contribution in [0.5, 0.6) is 0 Å². The van der Waals surface area contributed by atoms with Crippen molar-refractivity contribution in [2.24, 2.45) is 7.05 Å². The molecule has 0 spiro atoms. The molecular weight excluding hydrogens is 232 g/mol. The van der Waals surface area contributed by atoms with Gasteiger partial charge in [0.15, 0.2) is 5.52 Å². The Morgan fingerprint density at radius 2 is 2.33 bits per heavy atom. The minimum Gasteiger partial charge on any atom is -0.348 e. The first kappa shape index (κ1) is 10.7. The molecule has 7 heteroatoms. The average molecular weight is 244 g/mol. The van der Waals surface area contributed by atoms with Crippen LogP contribution in [0.1, 0.15) is 5.69 Å². The van der Waals surface area contributed by atoms with Gasteiger partial charge in [-0.2, -0.15) is 5.10 Å². The maximum Gasteiger partial charge on any atom is 0.281 e. The first-order chi connectivity index (χ1) is 8.74. The summed E-state index contributed by atoms with van der Waals surface area (Å²) >= 11 is 0. The largest absolute Gasteiger partial charge is 0.348 e. The zero-order valence-corrected chi connectivity index (χ0v) is 9.87. The molecule has 18 heavy (non-hydrogen) atoms. The fourth-order valence-corrected chi connectivity index (χ4v) is 1.86. The smallest absolute Gasteiger partial charge is 0.281 e. The second-order valence-corrected chi connectivity index (χ2v) is 4.11. The Kier molecular flexibility index (Phi) is 2.44. The predicted molar refractivity (Wildman–Crippen MR) is 65.1 cm³/mol. The van der Waals surface area contributed by atoms with Gasteiger partial charge in [-0.1, -0.05) is 0 Å². The monoisotopic (exact) mass is 244 g/mol. The van der Waals surface area contributed by atoms with Crippen LogP contribution in [0.3, 0.4) is 0 Å². The number of H-pyrrole nitrogens is 1. The third-order valence-corrected chi connectivity index (χ3v) is 2.79. The summed E-state index contributed by atoms with van der Waals surface area (Å²) in [7, 11) is 1.77. The normalized spacial score (nSPS) is 11.2. The van der Waals surface area contributed by atoms with Crippen LogP contribution >= 0.6 is 0 Å². The van der Waals surface area contributed by atoms with Crippen molar-refractivity contribution in [3.8, 4) is 0 Å². The van der Waals surface area contributed by atoms with Gasteiger partial charge in [0.1, 0.15) is 5.52 Å². The van der Waals surface area contributed by atoms with E-state index in [-0.39, 0.29) is 5.56 Å². The van der Waals surface area contributed by atoms with Crippen molar-refractivity contribution in [2.75, 3.05) is 0 Å². The van der Waals surface area contributed by atoms with E-state index >= 15 is 0 Å². The molecule has 3 aromatic heterocycles. The molecule has 0 amide bonds. The van der Waals surface area contributed by atoms with Crippen LogP contribution in [0, 0.1) is 0 Å². The molecule has 0 radical (unpaired) electrons. The molecular formula is C11H12N6O. The zero-order valence-electron chi connectivity index (χ0n) is 9.87. The maximum absolute atomic E-state index is 12.1. The Morgan fingerprint density at radius 1 is 1.44 bits per heavy atom. The fourth-order valence-electron chi connectivity index (χ4n) is 1.86. The van der Waals surface area contributed by atoms with Crippen molar-refractivity contribution in [3.05, 3.63) is 41.1 Å². The molecule has 7 nitrogen and oxygen atoms in total. The van der Waals surface area contributed by atoms with E-state index in [1.165, 1.54) is 0 Å². The number of nitrogens with one attached hydrogen (secondary N) is 1. The molecule has 92 valence electrons. The fraction of sp³-hybridized carbons (Fsp3) is 0.273. The topological polar surface area (TPSA) is 81.4 Å².